The number of sulfonamides is 1. The summed E-state index contributed by atoms with van der Waals surface area (Å²) in [6.45, 7) is 0.810. The summed E-state index contributed by atoms with van der Waals surface area (Å²) in [7, 11) is -4.73. The minimum absolute atomic E-state index is 0.181. The van der Waals surface area contributed by atoms with Crippen molar-refractivity contribution >= 4 is 22.0 Å². The molecule has 0 radical (unpaired) electrons. The van der Waals surface area contributed by atoms with Gasteiger partial charge in [0.1, 0.15) is 12.8 Å². The molecule has 0 aromatic heterocycles. The van der Waals surface area contributed by atoms with E-state index in [2.05, 4.69) is 0 Å². The fourth-order valence-corrected chi connectivity index (χ4v) is 2.94. The van der Waals surface area contributed by atoms with E-state index in [0.29, 0.717) is 11.8 Å². The Hall–Kier alpha value is -2.56. The van der Waals surface area contributed by atoms with E-state index >= 15 is 0 Å². The van der Waals surface area contributed by atoms with Gasteiger partial charge in [0.15, 0.2) is 9.93 Å². The number of carbonyl (C=O) groups is 1. The smallest absolute Gasteiger partial charge is 0.303 e. The topological polar surface area (TPSA) is 141 Å². The van der Waals surface area contributed by atoms with Gasteiger partial charge in [-0.1, -0.05) is 6.07 Å². The normalized spacial score (nSPS) is 10.9. The highest BCUT2D eigenvalue weighted by Crippen LogP contribution is 2.27. The van der Waals surface area contributed by atoms with Crippen LogP contribution in [-0.2, 0) is 14.8 Å². The Balaban J connectivity index is 3.44. The maximum Gasteiger partial charge on any atom is 0.320 e. The van der Waals surface area contributed by atoms with Crippen LogP contribution in [0.1, 0.15) is 12.0 Å². The molecule has 0 bridgehead atoms. The van der Waals surface area contributed by atoms with E-state index in [0.717, 1.165) is 12.1 Å². The third kappa shape index (κ3) is 3.51. The summed E-state index contributed by atoms with van der Waals surface area (Å²) >= 11 is 0. The zero-order valence-corrected chi connectivity index (χ0v) is 11.6. The van der Waals surface area contributed by atoms with Crippen molar-refractivity contribution in [1.29, 1.82) is 0 Å². The van der Waals surface area contributed by atoms with Crippen LogP contribution < -0.4 is 0 Å². The van der Waals surface area contributed by atoms with E-state index in [1.165, 1.54) is 13.0 Å². The van der Waals surface area contributed by atoms with Crippen LogP contribution >= 0.6 is 0 Å². The zero-order chi connectivity index (χ0) is 16.2. The number of rotatable bonds is 7. The molecule has 0 saturated carbocycles. The molecule has 11 heteroatoms. The van der Waals surface area contributed by atoms with E-state index in [4.69, 9.17) is 0 Å². The molecule has 114 valence electrons. The van der Waals surface area contributed by atoms with Crippen molar-refractivity contribution < 1.29 is 23.2 Å². The Labute approximate surface area is 119 Å². The Morgan fingerprint density at radius 1 is 1.29 bits per heavy atom. The molecule has 0 saturated heterocycles. The van der Waals surface area contributed by atoms with Crippen LogP contribution in [0.15, 0.2) is 23.1 Å². The van der Waals surface area contributed by atoms with Crippen molar-refractivity contribution in [2.24, 2.45) is 0 Å². The molecule has 1 aromatic carbocycles. The highest BCUT2D eigenvalue weighted by Gasteiger charge is 2.37. The Morgan fingerprint density at radius 2 is 1.90 bits per heavy atom. The maximum absolute atomic E-state index is 12.2. The van der Waals surface area contributed by atoms with Gasteiger partial charge < -0.3 is 4.79 Å². The monoisotopic (exact) mass is 317 g/mol. The van der Waals surface area contributed by atoms with Crippen LogP contribution in [0.5, 0.6) is 0 Å². The quantitative estimate of drug-likeness (QED) is 0.409. The van der Waals surface area contributed by atoms with Crippen LogP contribution in [0.25, 0.3) is 0 Å². The molecule has 21 heavy (non-hydrogen) atoms. The lowest BCUT2D eigenvalue weighted by atomic mass is 10.2. The molecule has 0 spiro atoms. The molecule has 0 heterocycles. The van der Waals surface area contributed by atoms with Gasteiger partial charge in [0.25, 0.3) is 5.69 Å². The third-order valence-corrected chi connectivity index (χ3v) is 4.26. The summed E-state index contributed by atoms with van der Waals surface area (Å²) in [6.07, 6.45) is -0.0879. The first-order valence-electron chi connectivity index (χ1n) is 5.57. The highest BCUT2D eigenvalue weighted by atomic mass is 32.2. The number of hydrogen-bond donors (Lipinski definition) is 0. The molecule has 0 amide bonds. The van der Waals surface area contributed by atoms with Gasteiger partial charge in [-0.25, -0.2) is 10.1 Å². The first-order valence-corrected chi connectivity index (χ1v) is 7.01. The van der Waals surface area contributed by atoms with Gasteiger partial charge in [-0.2, -0.15) is 8.42 Å². The fourth-order valence-electron chi connectivity index (χ4n) is 1.55. The summed E-state index contributed by atoms with van der Waals surface area (Å²) < 4.78 is 24.2. The van der Waals surface area contributed by atoms with Gasteiger partial charge in [0.05, 0.1) is 4.92 Å². The number of benzene rings is 1. The molecule has 0 aliphatic rings. The average Bonchev–Trinajstić information content (AvgIpc) is 2.37. The van der Waals surface area contributed by atoms with Crippen LogP contribution in [0.4, 0.5) is 5.69 Å². The van der Waals surface area contributed by atoms with Gasteiger partial charge in [0.2, 0.25) is 0 Å². The van der Waals surface area contributed by atoms with E-state index < -0.39 is 43.5 Å². The van der Waals surface area contributed by atoms with Gasteiger partial charge in [-0.05, 0) is 23.0 Å². The number of hydrazine groups is 1. The van der Waals surface area contributed by atoms with E-state index in [-0.39, 0.29) is 4.41 Å². The number of carbonyl (C=O) groups excluding carboxylic acids is 1. The Kier molecular flexibility index (Phi) is 4.92. The van der Waals surface area contributed by atoms with Gasteiger partial charge >= 0.3 is 10.0 Å². The molecule has 1 rings (SSSR count). The van der Waals surface area contributed by atoms with Gasteiger partial charge in [0, 0.05) is 12.5 Å². The SMILES string of the molecule is Cc1ccc(S(=O)(=O)N(CCC=O)[N+](=O)[O-])c([N+](=O)[O-])c1. The summed E-state index contributed by atoms with van der Waals surface area (Å²) in [4.78, 5) is 30.3. The molecule has 0 aliphatic heterocycles. The number of aldehydes is 1. The van der Waals surface area contributed by atoms with Crippen LogP contribution in [0.2, 0.25) is 0 Å². The van der Waals surface area contributed by atoms with E-state index in [1.807, 2.05) is 0 Å². The lowest BCUT2D eigenvalue weighted by molar-refractivity contribution is -0.619. The second kappa shape index (κ2) is 6.26. The average molecular weight is 317 g/mol. The van der Waals surface area contributed by atoms with E-state index in [9.17, 15) is 33.4 Å². The summed E-state index contributed by atoms with van der Waals surface area (Å²) in [5.41, 5.74) is -0.325. The molecule has 0 N–H and O–H groups in total. The lowest BCUT2D eigenvalue weighted by Crippen LogP contribution is -2.37. The zero-order valence-electron chi connectivity index (χ0n) is 10.8. The van der Waals surface area contributed by atoms with Crippen molar-refractivity contribution in [3.63, 3.8) is 0 Å². The minimum atomic E-state index is -4.73. The van der Waals surface area contributed by atoms with Crippen molar-refractivity contribution in [3.05, 3.63) is 44.0 Å². The molecule has 1 aromatic rings. The standard InChI is InChI=1S/C10H11N3O7S/c1-8-3-4-10(9(7-8)12(15)16)21(19,20)11(13(17)18)5-2-6-14/h3-4,6-7H,2,5H2,1H3. The number of nitrogens with zero attached hydrogens (tertiary/aromatic N) is 3. The Bertz CT molecular complexity index is 686. The summed E-state index contributed by atoms with van der Waals surface area (Å²) in [5, 5.41) is 20.5. The maximum atomic E-state index is 12.2. The third-order valence-electron chi connectivity index (χ3n) is 2.49. The van der Waals surface area contributed by atoms with Crippen LogP contribution in [0.3, 0.4) is 0 Å². The number of hydrogen-bond acceptors (Lipinski definition) is 7. The number of nitro groups is 2. The molecule has 0 fully saturated rings. The largest absolute Gasteiger partial charge is 0.320 e. The molecular formula is C10H11N3O7S. The van der Waals surface area contributed by atoms with E-state index in [1.54, 1.807) is 0 Å². The predicted octanol–water partition coefficient (Wildman–Crippen LogP) is 0.675. The Morgan fingerprint density at radius 3 is 2.38 bits per heavy atom. The minimum Gasteiger partial charge on any atom is -0.303 e. The van der Waals surface area contributed by atoms with Gasteiger partial charge in [-0.3, -0.25) is 10.1 Å². The molecule has 0 unspecified atom stereocenters. The van der Waals surface area contributed by atoms with Crippen molar-refractivity contribution in [1.82, 2.24) is 4.41 Å². The number of nitro benzene ring substituents is 1. The fraction of sp³-hybridized carbons (Fsp3) is 0.300. The lowest BCUT2D eigenvalue weighted by Gasteiger charge is -2.13. The summed E-state index contributed by atoms with van der Waals surface area (Å²) in [5.74, 6) is 0. The van der Waals surface area contributed by atoms with Crippen molar-refractivity contribution in [3.8, 4) is 0 Å². The van der Waals surface area contributed by atoms with Crippen molar-refractivity contribution in [2.75, 3.05) is 6.54 Å². The van der Waals surface area contributed by atoms with Crippen LogP contribution in [0, 0.1) is 27.2 Å². The summed E-state index contributed by atoms with van der Waals surface area (Å²) in [6, 6.07) is 3.22. The van der Waals surface area contributed by atoms with Gasteiger partial charge in [-0.15, -0.1) is 0 Å². The molecule has 0 aliphatic carbocycles. The van der Waals surface area contributed by atoms with Crippen LogP contribution in [-0.4, -0.2) is 35.6 Å². The molecular weight excluding hydrogens is 306 g/mol. The molecule has 10 nitrogen and oxygen atoms in total. The second-order valence-corrected chi connectivity index (χ2v) is 5.78. The predicted molar refractivity (Wildman–Crippen MR) is 69.4 cm³/mol. The number of aryl methyl sites for hydroxylation is 1. The second-order valence-electron chi connectivity index (χ2n) is 3.97. The van der Waals surface area contributed by atoms with Crippen molar-refractivity contribution in [2.45, 2.75) is 18.2 Å². The molecule has 0 atom stereocenters. The highest BCUT2D eigenvalue weighted by molar-refractivity contribution is 7.89. The first-order chi connectivity index (χ1) is 9.71. The first kappa shape index (κ1) is 16.5.